The number of carbonyl (C=O) groups is 2. The molecule has 4 N–H and O–H groups in total. The van der Waals surface area contributed by atoms with Crippen molar-refractivity contribution in [1.82, 2.24) is 44.5 Å². The maximum absolute atomic E-state index is 13.2. The number of thiazole rings is 1. The predicted molar refractivity (Wildman–Crippen MR) is 204 cm³/mol. The van der Waals surface area contributed by atoms with Crippen LogP contribution in [-0.2, 0) is 61.6 Å². The van der Waals surface area contributed by atoms with E-state index in [-0.39, 0.29) is 30.5 Å². The summed E-state index contributed by atoms with van der Waals surface area (Å²) in [5.41, 5.74) is 19.5. The molecule has 13 nitrogen and oxygen atoms in total. The molecule has 2 amide bonds. The normalized spacial score (nSPS) is 13.1. The lowest BCUT2D eigenvalue weighted by Crippen LogP contribution is -2.28. The van der Waals surface area contributed by atoms with E-state index in [9.17, 15) is 22.8 Å². The van der Waals surface area contributed by atoms with Crippen LogP contribution in [0.25, 0.3) is 21.8 Å². The SMILES string of the molecule is CCc1ncc2c(n1)CN(C(=O)Cc1nc(-c3ccc(F)cc3)ccc1N)C2.Cc1ncc(-c2ccc(N)c(CC(=O)N3Cc4cn(CC(F)F)nc4C3)n2)s1. The number of hydrogen-bond acceptors (Lipinski definition) is 11. The number of aromatic nitrogens is 7. The summed E-state index contributed by atoms with van der Waals surface area (Å²) in [6, 6.07) is 13.1. The van der Waals surface area contributed by atoms with Crippen LogP contribution in [0.3, 0.4) is 0 Å². The first kappa shape index (κ1) is 38.1. The van der Waals surface area contributed by atoms with Crippen molar-refractivity contribution in [3.8, 4) is 21.8 Å². The second kappa shape index (κ2) is 16.2. The number of benzene rings is 1. The van der Waals surface area contributed by atoms with Gasteiger partial charge in [-0.1, -0.05) is 6.92 Å². The second-order valence-electron chi connectivity index (χ2n) is 13.4. The number of nitrogens with zero attached hydrogens (tertiary/aromatic N) is 9. The zero-order chi connectivity index (χ0) is 39.5. The first-order chi connectivity index (χ1) is 26.9. The van der Waals surface area contributed by atoms with Crippen LogP contribution in [-0.4, -0.2) is 62.7 Å². The van der Waals surface area contributed by atoms with E-state index in [2.05, 4.69) is 30.0 Å². The fourth-order valence-corrected chi connectivity index (χ4v) is 7.13. The van der Waals surface area contributed by atoms with Gasteiger partial charge in [0.1, 0.15) is 18.2 Å². The van der Waals surface area contributed by atoms with Gasteiger partial charge in [0.15, 0.2) is 0 Å². The molecule has 2 aliphatic rings. The molecule has 0 saturated heterocycles. The first-order valence-electron chi connectivity index (χ1n) is 17.8. The van der Waals surface area contributed by atoms with Crippen LogP contribution in [0.1, 0.15) is 51.7 Å². The summed E-state index contributed by atoms with van der Waals surface area (Å²) in [5.74, 6) is 0.283. The molecule has 0 radical (unpaired) electrons. The van der Waals surface area contributed by atoms with Crippen LogP contribution >= 0.6 is 11.3 Å². The number of aryl methyl sites for hydroxylation is 2. The highest BCUT2D eigenvalue weighted by molar-refractivity contribution is 7.15. The van der Waals surface area contributed by atoms with Gasteiger partial charge in [0, 0.05) is 54.8 Å². The van der Waals surface area contributed by atoms with Gasteiger partial charge in [0.2, 0.25) is 11.8 Å². The molecular formula is C39H38F3N11O2S. The van der Waals surface area contributed by atoms with Crippen molar-refractivity contribution in [3.63, 3.8) is 0 Å². The lowest BCUT2D eigenvalue weighted by molar-refractivity contribution is -0.131. The largest absolute Gasteiger partial charge is 0.397 e. The lowest BCUT2D eigenvalue weighted by atomic mass is 10.1. The number of fused-ring (bicyclic) bond motifs is 2. The third-order valence-electron chi connectivity index (χ3n) is 9.35. The van der Waals surface area contributed by atoms with Crippen LogP contribution in [0.4, 0.5) is 24.5 Å². The summed E-state index contributed by atoms with van der Waals surface area (Å²) < 4.78 is 39.3. The highest BCUT2D eigenvalue weighted by Gasteiger charge is 2.28. The van der Waals surface area contributed by atoms with Gasteiger partial charge in [0.05, 0.1) is 81.4 Å². The Kier molecular flexibility index (Phi) is 11.0. The summed E-state index contributed by atoms with van der Waals surface area (Å²) in [7, 11) is 0. The van der Waals surface area contributed by atoms with Crippen LogP contribution < -0.4 is 11.5 Å². The molecule has 8 rings (SSSR count). The minimum atomic E-state index is -2.46. The summed E-state index contributed by atoms with van der Waals surface area (Å²) in [5, 5.41) is 5.08. The first-order valence-corrected chi connectivity index (χ1v) is 18.7. The Bertz CT molecular complexity index is 2380. The van der Waals surface area contributed by atoms with E-state index >= 15 is 0 Å². The number of rotatable bonds is 9. The molecular weight excluding hydrogens is 744 g/mol. The zero-order valence-electron chi connectivity index (χ0n) is 30.6. The number of anilines is 2. The number of halogens is 3. The average Bonchev–Trinajstić information content (AvgIpc) is 3.97. The lowest BCUT2D eigenvalue weighted by Gasteiger charge is -2.16. The van der Waals surface area contributed by atoms with Gasteiger partial charge in [-0.05, 0) is 55.5 Å². The Hall–Kier alpha value is -6.23. The minimum Gasteiger partial charge on any atom is -0.397 e. The van der Waals surface area contributed by atoms with Crippen molar-refractivity contribution >= 4 is 34.5 Å². The Morgan fingerprint density at radius 3 is 2.02 bits per heavy atom. The van der Waals surface area contributed by atoms with Gasteiger partial charge in [0.25, 0.3) is 6.43 Å². The van der Waals surface area contributed by atoms with E-state index in [0.717, 1.165) is 50.2 Å². The molecule has 0 atom stereocenters. The molecule has 0 saturated carbocycles. The Balaban J connectivity index is 0.000000172. The number of carbonyl (C=O) groups excluding carboxylic acids is 2. The Morgan fingerprint density at radius 1 is 0.786 bits per heavy atom. The van der Waals surface area contributed by atoms with Crippen LogP contribution in [0.15, 0.2) is 67.1 Å². The number of alkyl halides is 2. The Labute approximate surface area is 324 Å². The summed E-state index contributed by atoms with van der Waals surface area (Å²) in [6.45, 7) is 5.10. The average molecular weight is 782 g/mol. The molecule has 56 heavy (non-hydrogen) atoms. The van der Waals surface area contributed by atoms with E-state index in [1.807, 2.05) is 19.9 Å². The molecule has 0 aliphatic carbocycles. The van der Waals surface area contributed by atoms with Crippen molar-refractivity contribution in [1.29, 1.82) is 0 Å². The Morgan fingerprint density at radius 2 is 1.41 bits per heavy atom. The number of amides is 2. The van der Waals surface area contributed by atoms with E-state index in [1.165, 1.54) is 28.2 Å². The summed E-state index contributed by atoms with van der Waals surface area (Å²) >= 11 is 1.52. The van der Waals surface area contributed by atoms with E-state index in [4.69, 9.17) is 11.5 Å². The molecule has 1 aromatic carbocycles. The molecule has 5 aromatic heterocycles. The number of pyridine rings is 2. The molecule has 288 valence electrons. The number of hydrogen-bond donors (Lipinski definition) is 2. The fourth-order valence-electron chi connectivity index (χ4n) is 6.38. The van der Waals surface area contributed by atoms with E-state index in [1.54, 1.807) is 58.7 Å². The van der Waals surface area contributed by atoms with Gasteiger partial charge in [-0.15, -0.1) is 11.3 Å². The third kappa shape index (κ3) is 8.67. The molecule has 0 spiro atoms. The maximum atomic E-state index is 13.2. The van der Waals surface area contributed by atoms with Gasteiger partial charge in [-0.2, -0.15) is 5.10 Å². The van der Waals surface area contributed by atoms with Gasteiger partial charge >= 0.3 is 0 Å². The van der Waals surface area contributed by atoms with Crippen molar-refractivity contribution in [2.24, 2.45) is 0 Å². The quantitative estimate of drug-likeness (QED) is 0.189. The van der Waals surface area contributed by atoms with Crippen molar-refractivity contribution < 1.29 is 22.8 Å². The van der Waals surface area contributed by atoms with Crippen LogP contribution in [0, 0.1) is 12.7 Å². The number of nitrogens with two attached hydrogens (primary N) is 2. The summed E-state index contributed by atoms with van der Waals surface area (Å²) in [4.78, 5) is 51.9. The van der Waals surface area contributed by atoms with Crippen molar-refractivity contribution in [2.75, 3.05) is 11.5 Å². The van der Waals surface area contributed by atoms with Crippen LogP contribution in [0.2, 0.25) is 0 Å². The van der Waals surface area contributed by atoms with Gasteiger partial charge < -0.3 is 21.3 Å². The molecule has 7 heterocycles. The van der Waals surface area contributed by atoms with E-state index < -0.39 is 13.0 Å². The third-order valence-corrected chi connectivity index (χ3v) is 10.3. The molecule has 6 aromatic rings. The van der Waals surface area contributed by atoms with Gasteiger partial charge in [-0.3, -0.25) is 19.3 Å². The van der Waals surface area contributed by atoms with E-state index in [0.29, 0.717) is 60.3 Å². The fraction of sp³-hybridized carbons (Fsp3) is 0.282. The summed E-state index contributed by atoms with van der Waals surface area (Å²) in [6.07, 6.45) is 3.60. The smallest absolute Gasteiger partial charge is 0.257 e. The molecule has 17 heteroatoms. The predicted octanol–water partition coefficient (Wildman–Crippen LogP) is 5.55. The zero-order valence-corrected chi connectivity index (χ0v) is 31.4. The maximum Gasteiger partial charge on any atom is 0.257 e. The standard InChI is InChI=1S/C21H20FN5O.C18H18F2N6OS/c1-2-20-24-10-14-11-27(12-19(14)26-20)21(28)9-18-16(23)7-8-17(25-18)13-3-5-15(22)6-4-13;1-10-22-5-16(28-10)13-3-2-12(21)14(23-13)4-18(27)25-6-11-7-26(9-17(19)20)24-15(11)8-25/h3-8,10H,2,9,11-12,23H2,1H3;2-3,5,7,17H,4,6,8-9,21H2,1H3. The monoisotopic (exact) mass is 781 g/mol. The van der Waals surface area contributed by atoms with Crippen molar-refractivity contribution in [2.45, 2.75) is 72.3 Å². The van der Waals surface area contributed by atoms with Gasteiger partial charge in [-0.25, -0.2) is 33.1 Å². The molecule has 0 fully saturated rings. The highest BCUT2D eigenvalue weighted by atomic mass is 32.1. The highest BCUT2D eigenvalue weighted by Crippen LogP contribution is 2.28. The molecule has 0 bridgehead atoms. The van der Waals surface area contributed by atoms with Crippen molar-refractivity contribution in [3.05, 3.63) is 118 Å². The number of nitrogen functional groups attached to an aromatic ring is 2. The molecule has 0 unspecified atom stereocenters. The minimum absolute atomic E-state index is 0.0634. The van der Waals surface area contributed by atoms with Crippen LogP contribution in [0.5, 0.6) is 0 Å². The molecule has 2 aliphatic heterocycles. The second-order valence-corrected chi connectivity index (χ2v) is 14.6. The topological polar surface area (TPSA) is 175 Å².